The number of pyridine rings is 1. The highest BCUT2D eigenvalue weighted by Crippen LogP contribution is 2.28. The highest BCUT2D eigenvalue weighted by atomic mass is 79.9. The number of rotatable bonds is 3. The van der Waals surface area contributed by atoms with Gasteiger partial charge in [-0.3, -0.25) is 4.79 Å². The summed E-state index contributed by atoms with van der Waals surface area (Å²) in [7, 11) is 1.16. The van der Waals surface area contributed by atoms with Gasteiger partial charge in [0.15, 0.2) is 0 Å². The lowest BCUT2D eigenvalue weighted by Crippen LogP contribution is -2.10. The van der Waals surface area contributed by atoms with E-state index in [1.54, 1.807) is 6.07 Å². The number of nitriles is 1. The number of hydrogen-bond donors (Lipinski definition) is 0. The molecule has 0 saturated carbocycles. The van der Waals surface area contributed by atoms with Gasteiger partial charge in [-0.1, -0.05) is 15.9 Å². The smallest absolute Gasteiger partial charge is 0.310 e. The SMILES string of the molecule is COC(=O)Cc1c(Br)cc(C#N)nc1C(F)F. The van der Waals surface area contributed by atoms with E-state index in [1.807, 2.05) is 0 Å². The molecule has 0 unspecified atom stereocenters. The molecule has 1 heterocycles. The fraction of sp³-hybridized carbons (Fsp3) is 0.300. The third-order valence-corrected chi connectivity index (χ3v) is 2.68. The van der Waals surface area contributed by atoms with Gasteiger partial charge in [0.05, 0.1) is 13.5 Å². The first kappa shape index (κ1) is 13.5. The van der Waals surface area contributed by atoms with Gasteiger partial charge in [-0.25, -0.2) is 13.8 Å². The van der Waals surface area contributed by atoms with Gasteiger partial charge in [0.1, 0.15) is 17.5 Å². The number of esters is 1. The zero-order valence-corrected chi connectivity index (χ0v) is 10.3. The molecule has 0 spiro atoms. The summed E-state index contributed by atoms with van der Waals surface area (Å²) in [5, 5.41) is 8.62. The molecule has 4 nitrogen and oxygen atoms in total. The molecule has 0 aliphatic rings. The van der Waals surface area contributed by atoms with Crippen molar-refractivity contribution in [2.75, 3.05) is 7.11 Å². The minimum Gasteiger partial charge on any atom is -0.469 e. The van der Waals surface area contributed by atoms with E-state index in [1.165, 1.54) is 6.07 Å². The van der Waals surface area contributed by atoms with E-state index in [2.05, 4.69) is 25.7 Å². The molecular weight excluding hydrogens is 298 g/mol. The van der Waals surface area contributed by atoms with Crippen LogP contribution in [0.1, 0.15) is 23.4 Å². The van der Waals surface area contributed by atoms with Gasteiger partial charge in [0.25, 0.3) is 6.43 Å². The van der Waals surface area contributed by atoms with Crippen molar-refractivity contribution in [3.8, 4) is 6.07 Å². The molecule has 1 rings (SSSR count). The van der Waals surface area contributed by atoms with Gasteiger partial charge in [-0.2, -0.15) is 5.26 Å². The Morgan fingerprint density at radius 2 is 2.35 bits per heavy atom. The summed E-state index contributed by atoms with van der Waals surface area (Å²) in [5.74, 6) is -0.654. The van der Waals surface area contributed by atoms with Gasteiger partial charge in [-0.15, -0.1) is 0 Å². The first-order valence-electron chi connectivity index (χ1n) is 4.44. The Labute approximate surface area is 104 Å². The van der Waals surface area contributed by atoms with E-state index < -0.39 is 18.1 Å². The molecular formula is C10H7BrF2N2O2. The molecule has 0 atom stereocenters. The number of ether oxygens (including phenoxy) is 1. The predicted octanol–water partition coefficient (Wildman–Crippen LogP) is 2.37. The number of nitrogens with zero attached hydrogens (tertiary/aromatic N) is 2. The average Bonchev–Trinajstić information content (AvgIpc) is 2.30. The number of aromatic nitrogens is 1. The maximum Gasteiger partial charge on any atom is 0.310 e. The number of carbonyl (C=O) groups excluding carboxylic acids is 1. The van der Waals surface area contributed by atoms with E-state index in [-0.39, 0.29) is 22.2 Å². The Balaban J connectivity index is 3.27. The molecule has 0 N–H and O–H groups in total. The van der Waals surface area contributed by atoms with Crippen molar-refractivity contribution < 1.29 is 18.3 Å². The maximum absolute atomic E-state index is 12.7. The van der Waals surface area contributed by atoms with Crippen LogP contribution in [0.5, 0.6) is 0 Å². The first-order valence-corrected chi connectivity index (χ1v) is 5.23. The molecule has 7 heteroatoms. The van der Waals surface area contributed by atoms with Gasteiger partial charge < -0.3 is 4.74 Å². The maximum atomic E-state index is 12.7. The van der Waals surface area contributed by atoms with Crippen molar-refractivity contribution in [2.45, 2.75) is 12.8 Å². The molecule has 0 saturated heterocycles. The highest BCUT2D eigenvalue weighted by Gasteiger charge is 2.21. The fourth-order valence-corrected chi connectivity index (χ4v) is 1.75. The Hall–Kier alpha value is -1.55. The zero-order chi connectivity index (χ0) is 13.0. The lowest BCUT2D eigenvalue weighted by atomic mass is 10.1. The van der Waals surface area contributed by atoms with Crippen molar-refractivity contribution in [1.29, 1.82) is 5.26 Å². The minimum atomic E-state index is -2.86. The van der Waals surface area contributed by atoms with Crippen LogP contribution in [0.4, 0.5) is 8.78 Å². The van der Waals surface area contributed by atoms with Crippen LogP contribution in [0.3, 0.4) is 0 Å². The third-order valence-electron chi connectivity index (χ3n) is 1.97. The van der Waals surface area contributed by atoms with Gasteiger partial charge >= 0.3 is 5.97 Å². The van der Waals surface area contributed by atoms with E-state index in [4.69, 9.17) is 5.26 Å². The van der Waals surface area contributed by atoms with Crippen molar-refractivity contribution >= 4 is 21.9 Å². The van der Waals surface area contributed by atoms with Crippen LogP contribution in [0, 0.1) is 11.3 Å². The molecule has 17 heavy (non-hydrogen) atoms. The van der Waals surface area contributed by atoms with Crippen LogP contribution in [0.15, 0.2) is 10.5 Å². The van der Waals surface area contributed by atoms with E-state index >= 15 is 0 Å². The van der Waals surface area contributed by atoms with Crippen LogP contribution in [0.2, 0.25) is 0 Å². The summed E-state index contributed by atoms with van der Waals surface area (Å²) >= 11 is 3.03. The summed E-state index contributed by atoms with van der Waals surface area (Å²) in [5.41, 5.74) is -0.687. The summed E-state index contributed by atoms with van der Waals surface area (Å²) in [6, 6.07) is 2.95. The van der Waals surface area contributed by atoms with Crippen molar-refractivity contribution in [3.63, 3.8) is 0 Å². The second-order valence-electron chi connectivity index (χ2n) is 3.02. The predicted molar refractivity (Wildman–Crippen MR) is 57.3 cm³/mol. The van der Waals surface area contributed by atoms with Crippen LogP contribution in [-0.4, -0.2) is 18.1 Å². The molecule has 90 valence electrons. The van der Waals surface area contributed by atoms with Crippen LogP contribution < -0.4 is 0 Å². The van der Waals surface area contributed by atoms with Crippen LogP contribution >= 0.6 is 15.9 Å². The Kier molecular flexibility index (Phi) is 4.52. The molecule has 0 radical (unpaired) electrons. The second-order valence-corrected chi connectivity index (χ2v) is 3.87. The zero-order valence-electron chi connectivity index (χ0n) is 8.71. The second kappa shape index (κ2) is 5.68. The van der Waals surface area contributed by atoms with E-state index in [0.717, 1.165) is 7.11 Å². The molecule has 0 aliphatic carbocycles. The van der Waals surface area contributed by atoms with Crippen molar-refractivity contribution in [2.24, 2.45) is 0 Å². The molecule has 0 amide bonds. The molecule has 0 fully saturated rings. The Bertz CT molecular complexity index is 486. The summed E-state index contributed by atoms with van der Waals surface area (Å²) in [6.07, 6.45) is -3.19. The summed E-state index contributed by atoms with van der Waals surface area (Å²) in [4.78, 5) is 14.6. The quantitative estimate of drug-likeness (QED) is 0.804. The molecule has 0 bridgehead atoms. The third kappa shape index (κ3) is 3.20. The molecule has 0 aliphatic heterocycles. The van der Waals surface area contributed by atoms with Crippen LogP contribution in [-0.2, 0) is 16.0 Å². The van der Waals surface area contributed by atoms with Crippen molar-refractivity contribution in [3.05, 3.63) is 27.5 Å². The molecule has 1 aromatic heterocycles. The van der Waals surface area contributed by atoms with Crippen molar-refractivity contribution in [1.82, 2.24) is 4.98 Å². The van der Waals surface area contributed by atoms with Gasteiger partial charge in [-0.05, 0) is 6.07 Å². The Morgan fingerprint density at radius 1 is 1.71 bits per heavy atom. The highest BCUT2D eigenvalue weighted by molar-refractivity contribution is 9.10. The lowest BCUT2D eigenvalue weighted by molar-refractivity contribution is -0.139. The summed E-state index contributed by atoms with van der Waals surface area (Å²) in [6.45, 7) is 0. The standard InChI is InChI=1S/C10H7BrF2N2O2/c1-17-8(16)3-6-7(11)2-5(4-14)15-9(6)10(12)13/h2,10H,3H2,1H3. The van der Waals surface area contributed by atoms with Gasteiger partial charge in [0.2, 0.25) is 0 Å². The number of alkyl halides is 2. The topological polar surface area (TPSA) is 63.0 Å². The normalized spacial score (nSPS) is 10.1. The molecule has 0 aromatic carbocycles. The van der Waals surface area contributed by atoms with E-state index in [9.17, 15) is 13.6 Å². The fourth-order valence-electron chi connectivity index (χ4n) is 1.19. The molecule has 1 aromatic rings. The van der Waals surface area contributed by atoms with E-state index in [0.29, 0.717) is 0 Å². The summed E-state index contributed by atoms with van der Waals surface area (Å²) < 4.78 is 30.1. The van der Waals surface area contributed by atoms with Crippen LogP contribution in [0.25, 0.3) is 0 Å². The monoisotopic (exact) mass is 304 g/mol. The number of hydrogen-bond acceptors (Lipinski definition) is 4. The minimum absolute atomic E-state index is 0.0332. The Morgan fingerprint density at radius 3 is 2.82 bits per heavy atom. The first-order chi connectivity index (χ1) is 7.99. The van der Waals surface area contributed by atoms with Gasteiger partial charge in [0, 0.05) is 10.0 Å². The lowest BCUT2D eigenvalue weighted by Gasteiger charge is -2.09. The number of methoxy groups -OCH3 is 1. The number of halogens is 3. The number of carbonyl (C=O) groups is 1. The average molecular weight is 305 g/mol. The largest absolute Gasteiger partial charge is 0.469 e.